The monoisotopic (exact) mass is 198 g/mol. The Bertz CT molecular complexity index is 192. The smallest absolute Gasteiger partial charge is 0.220 e. The molecule has 3 nitrogen and oxygen atoms in total. The molecule has 0 aromatic carbocycles. The van der Waals surface area contributed by atoms with E-state index >= 15 is 0 Å². The highest BCUT2D eigenvalue weighted by atomic mass is 16.1. The lowest BCUT2D eigenvalue weighted by atomic mass is 10.1. The van der Waals surface area contributed by atoms with Crippen molar-refractivity contribution in [2.45, 2.75) is 58.0 Å². The molecule has 0 bridgehead atoms. The molecule has 3 atom stereocenters. The molecule has 1 rings (SSSR count). The average molecular weight is 198 g/mol. The Morgan fingerprint density at radius 1 is 1.64 bits per heavy atom. The van der Waals surface area contributed by atoms with Gasteiger partial charge in [-0.3, -0.25) is 4.79 Å². The highest BCUT2D eigenvalue weighted by molar-refractivity contribution is 5.76. The van der Waals surface area contributed by atoms with Crippen LogP contribution in [0, 0.1) is 5.92 Å². The van der Waals surface area contributed by atoms with Crippen LogP contribution >= 0.6 is 0 Å². The van der Waals surface area contributed by atoms with Gasteiger partial charge in [-0.25, -0.2) is 0 Å². The predicted molar refractivity (Wildman–Crippen MR) is 57.8 cm³/mol. The third-order valence-electron chi connectivity index (χ3n) is 2.86. The van der Waals surface area contributed by atoms with Gasteiger partial charge in [-0.15, -0.1) is 0 Å². The Labute approximate surface area is 86.4 Å². The van der Waals surface area contributed by atoms with E-state index in [1.165, 1.54) is 12.8 Å². The zero-order chi connectivity index (χ0) is 10.6. The summed E-state index contributed by atoms with van der Waals surface area (Å²) in [4.78, 5) is 11.4. The first-order valence-corrected chi connectivity index (χ1v) is 5.68. The maximum Gasteiger partial charge on any atom is 0.220 e. The van der Waals surface area contributed by atoms with Crippen molar-refractivity contribution in [3.8, 4) is 0 Å². The molecule has 0 saturated heterocycles. The van der Waals surface area contributed by atoms with Gasteiger partial charge in [-0.2, -0.15) is 0 Å². The van der Waals surface area contributed by atoms with E-state index in [1.807, 2.05) is 6.92 Å². The van der Waals surface area contributed by atoms with Crippen LogP contribution < -0.4 is 11.1 Å². The van der Waals surface area contributed by atoms with Crippen LogP contribution in [-0.2, 0) is 4.79 Å². The lowest BCUT2D eigenvalue weighted by Crippen LogP contribution is -2.27. The number of hydrogen-bond acceptors (Lipinski definition) is 2. The van der Waals surface area contributed by atoms with Gasteiger partial charge in [0.2, 0.25) is 5.91 Å². The van der Waals surface area contributed by atoms with Crippen molar-refractivity contribution >= 4 is 5.91 Å². The van der Waals surface area contributed by atoms with Gasteiger partial charge in [0.25, 0.3) is 0 Å². The van der Waals surface area contributed by atoms with Crippen LogP contribution in [0.15, 0.2) is 0 Å². The highest BCUT2D eigenvalue weighted by Crippen LogP contribution is 2.33. The molecule has 0 radical (unpaired) electrons. The minimum atomic E-state index is 0.201. The van der Waals surface area contributed by atoms with Gasteiger partial charge >= 0.3 is 0 Å². The topological polar surface area (TPSA) is 55.1 Å². The van der Waals surface area contributed by atoms with Crippen LogP contribution in [0.3, 0.4) is 0 Å². The van der Waals surface area contributed by atoms with Crippen molar-refractivity contribution in [1.82, 2.24) is 5.32 Å². The van der Waals surface area contributed by atoms with Crippen molar-refractivity contribution in [3.05, 3.63) is 0 Å². The lowest BCUT2D eigenvalue weighted by Gasteiger charge is -2.05. The Morgan fingerprint density at radius 3 is 2.86 bits per heavy atom. The summed E-state index contributed by atoms with van der Waals surface area (Å²) in [7, 11) is 0. The molecule has 0 heterocycles. The maximum atomic E-state index is 11.4. The number of nitrogens with two attached hydrogens (primary N) is 1. The Balaban J connectivity index is 2.00. The molecular formula is C11H22N2O. The van der Waals surface area contributed by atoms with Gasteiger partial charge in [0.1, 0.15) is 0 Å². The summed E-state index contributed by atoms with van der Waals surface area (Å²) < 4.78 is 0. The zero-order valence-corrected chi connectivity index (χ0v) is 9.25. The summed E-state index contributed by atoms with van der Waals surface area (Å²) in [5.74, 6) is 0.944. The fraction of sp³-hybridized carbons (Fsp3) is 0.909. The van der Waals surface area contributed by atoms with Gasteiger partial charge < -0.3 is 11.1 Å². The summed E-state index contributed by atoms with van der Waals surface area (Å²) in [6.45, 7) is 4.15. The minimum absolute atomic E-state index is 0.201. The summed E-state index contributed by atoms with van der Waals surface area (Å²) in [6, 6.07) is 0.690. The second-order valence-electron chi connectivity index (χ2n) is 4.45. The number of hydrogen-bond donors (Lipinski definition) is 2. The van der Waals surface area contributed by atoms with Crippen molar-refractivity contribution in [2.24, 2.45) is 11.7 Å². The maximum absolute atomic E-state index is 11.4. The van der Waals surface area contributed by atoms with Crippen molar-refractivity contribution < 1.29 is 4.79 Å². The molecule has 1 aliphatic carbocycles. The first kappa shape index (κ1) is 11.5. The van der Waals surface area contributed by atoms with E-state index in [2.05, 4.69) is 12.2 Å². The molecule has 1 fully saturated rings. The Hall–Kier alpha value is -0.570. The number of nitrogens with one attached hydrogen (secondary N) is 1. The van der Waals surface area contributed by atoms with Crippen LogP contribution in [0.25, 0.3) is 0 Å². The van der Waals surface area contributed by atoms with E-state index in [0.717, 1.165) is 18.8 Å². The van der Waals surface area contributed by atoms with Gasteiger partial charge in [-0.05, 0) is 32.1 Å². The quantitative estimate of drug-likeness (QED) is 0.678. The Kier molecular flexibility index (Phi) is 4.39. The highest BCUT2D eigenvalue weighted by Gasteiger charge is 2.36. The summed E-state index contributed by atoms with van der Waals surface area (Å²) in [5, 5.41) is 3.05. The number of carbonyl (C=O) groups is 1. The normalized spacial score (nSPS) is 27.1. The summed E-state index contributed by atoms with van der Waals surface area (Å²) in [5.41, 5.74) is 5.60. The lowest BCUT2D eigenvalue weighted by molar-refractivity contribution is -0.121. The minimum Gasteiger partial charge on any atom is -0.353 e. The van der Waals surface area contributed by atoms with E-state index < -0.39 is 0 Å². The molecule has 14 heavy (non-hydrogen) atoms. The fourth-order valence-corrected chi connectivity index (χ4v) is 1.74. The molecule has 3 unspecified atom stereocenters. The average Bonchev–Trinajstić information content (AvgIpc) is 2.82. The first-order valence-electron chi connectivity index (χ1n) is 5.68. The van der Waals surface area contributed by atoms with Crippen LogP contribution in [0.4, 0.5) is 0 Å². The molecule has 82 valence electrons. The molecule has 0 spiro atoms. The van der Waals surface area contributed by atoms with Crippen LogP contribution in [0.2, 0.25) is 0 Å². The fourth-order valence-electron chi connectivity index (χ4n) is 1.74. The summed E-state index contributed by atoms with van der Waals surface area (Å²) in [6.07, 6.45) is 4.84. The molecule has 0 aromatic rings. The zero-order valence-electron chi connectivity index (χ0n) is 9.25. The Morgan fingerprint density at radius 2 is 2.36 bits per heavy atom. The van der Waals surface area contributed by atoms with Crippen LogP contribution in [0.5, 0.6) is 0 Å². The molecule has 3 heteroatoms. The van der Waals surface area contributed by atoms with Crippen molar-refractivity contribution in [3.63, 3.8) is 0 Å². The molecular weight excluding hydrogens is 176 g/mol. The van der Waals surface area contributed by atoms with Crippen molar-refractivity contribution in [1.29, 1.82) is 0 Å². The van der Waals surface area contributed by atoms with E-state index in [0.29, 0.717) is 12.5 Å². The number of amides is 1. The molecule has 0 aliphatic heterocycles. The standard InChI is InChI=1S/C11H22N2O/c1-3-9-7-10(9)13-11(14)6-4-5-8(2)12/h8-10H,3-7,12H2,1-2H3,(H,13,14). The summed E-state index contributed by atoms with van der Waals surface area (Å²) >= 11 is 0. The number of carbonyl (C=O) groups excluding carboxylic acids is 1. The third kappa shape index (κ3) is 4.09. The van der Waals surface area contributed by atoms with Gasteiger partial charge in [0.15, 0.2) is 0 Å². The molecule has 3 N–H and O–H groups in total. The van der Waals surface area contributed by atoms with Crippen LogP contribution in [0.1, 0.15) is 46.0 Å². The predicted octanol–water partition coefficient (Wildman–Crippen LogP) is 1.42. The van der Waals surface area contributed by atoms with Gasteiger partial charge in [0, 0.05) is 18.5 Å². The second kappa shape index (κ2) is 5.35. The largest absolute Gasteiger partial charge is 0.353 e. The van der Waals surface area contributed by atoms with E-state index in [9.17, 15) is 4.79 Å². The molecule has 0 aromatic heterocycles. The van der Waals surface area contributed by atoms with E-state index in [4.69, 9.17) is 5.73 Å². The molecule has 1 aliphatic rings. The van der Waals surface area contributed by atoms with Crippen LogP contribution in [-0.4, -0.2) is 18.0 Å². The number of rotatable bonds is 6. The van der Waals surface area contributed by atoms with Crippen molar-refractivity contribution in [2.75, 3.05) is 0 Å². The second-order valence-corrected chi connectivity index (χ2v) is 4.45. The van der Waals surface area contributed by atoms with Gasteiger partial charge in [0.05, 0.1) is 0 Å². The molecule has 1 saturated carbocycles. The first-order chi connectivity index (χ1) is 6.63. The third-order valence-corrected chi connectivity index (χ3v) is 2.86. The SMILES string of the molecule is CCC1CC1NC(=O)CCCC(C)N. The van der Waals surface area contributed by atoms with Gasteiger partial charge in [-0.1, -0.05) is 13.3 Å². The molecule has 1 amide bonds. The van der Waals surface area contributed by atoms with E-state index in [1.54, 1.807) is 0 Å². The van der Waals surface area contributed by atoms with E-state index in [-0.39, 0.29) is 11.9 Å².